The number of benzene rings is 1. The Morgan fingerprint density at radius 3 is 2.88 bits per heavy atom. The number of rotatable bonds is 5. The molecule has 2 aromatic rings. The molecule has 0 radical (unpaired) electrons. The second-order valence-electron chi connectivity index (χ2n) is 5.34. The molecule has 0 fully saturated rings. The Labute approximate surface area is 149 Å². The summed E-state index contributed by atoms with van der Waals surface area (Å²) in [4.78, 5) is 13.4. The van der Waals surface area contributed by atoms with Gasteiger partial charge in [0, 0.05) is 10.8 Å². The predicted molar refractivity (Wildman–Crippen MR) is 94.8 cm³/mol. The van der Waals surface area contributed by atoms with E-state index in [1.54, 1.807) is 25.3 Å². The van der Waals surface area contributed by atoms with E-state index >= 15 is 0 Å². The first-order chi connectivity index (χ1) is 11.7. The van der Waals surface area contributed by atoms with Crippen LogP contribution in [0.1, 0.15) is 30.1 Å². The third kappa shape index (κ3) is 2.97. The fourth-order valence-electron chi connectivity index (χ4n) is 2.98. The highest BCUT2D eigenvalue weighted by molar-refractivity contribution is 8.23. The number of hydrogen-bond donors (Lipinski definition) is 0. The Balaban J connectivity index is 2.08. The molecule has 0 spiro atoms. The molecule has 0 amide bonds. The Bertz CT molecular complexity index is 795. The number of ether oxygens (including phenoxy) is 1. The highest BCUT2D eigenvalue weighted by Crippen LogP contribution is 2.51. The molecule has 2 heterocycles. The molecule has 122 valence electrons. The maximum absolute atomic E-state index is 12.3. The second-order valence-corrected chi connectivity index (χ2v) is 7.12. The van der Waals surface area contributed by atoms with Crippen LogP contribution in [0.5, 0.6) is 0 Å². The molecule has 24 heavy (non-hydrogen) atoms. The normalized spacial score (nSPS) is 18.5. The SMILES string of the molecule is CCOC(=O)C(C#N)C(c1ccco1)C1C(=S)Sc2ccccc21. The lowest BCUT2D eigenvalue weighted by Crippen LogP contribution is -2.28. The summed E-state index contributed by atoms with van der Waals surface area (Å²) in [6.07, 6.45) is 1.54. The van der Waals surface area contributed by atoms with E-state index in [0.29, 0.717) is 5.76 Å². The van der Waals surface area contributed by atoms with Crippen molar-refractivity contribution in [1.82, 2.24) is 0 Å². The van der Waals surface area contributed by atoms with Gasteiger partial charge in [-0.1, -0.05) is 42.2 Å². The van der Waals surface area contributed by atoms with Crippen molar-refractivity contribution in [3.63, 3.8) is 0 Å². The molecule has 1 aromatic carbocycles. The Hall–Kier alpha value is -2.10. The quantitative estimate of drug-likeness (QED) is 0.588. The zero-order valence-electron chi connectivity index (χ0n) is 13.0. The van der Waals surface area contributed by atoms with Gasteiger partial charge in [-0.25, -0.2) is 0 Å². The first-order valence-electron chi connectivity index (χ1n) is 7.57. The van der Waals surface area contributed by atoms with E-state index in [0.717, 1.165) is 14.7 Å². The highest BCUT2D eigenvalue weighted by Gasteiger charge is 2.44. The number of carbonyl (C=O) groups is 1. The van der Waals surface area contributed by atoms with Crippen molar-refractivity contribution in [2.45, 2.75) is 23.7 Å². The molecule has 0 aliphatic carbocycles. The van der Waals surface area contributed by atoms with Crippen LogP contribution in [0.25, 0.3) is 0 Å². The summed E-state index contributed by atoms with van der Waals surface area (Å²) in [6, 6.07) is 13.5. The average Bonchev–Trinajstić information content (AvgIpc) is 3.20. The number of thiocarbonyl (C=S) groups is 1. The van der Waals surface area contributed by atoms with Crippen LogP contribution in [0.4, 0.5) is 0 Å². The first-order valence-corrected chi connectivity index (χ1v) is 8.80. The van der Waals surface area contributed by atoms with Crippen molar-refractivity contribution in [3.05, 3.63) is 54.0 Å². The van der Waals surface area contributed by atoms with Crippen molar-refractivity contribution >= 4 is 34.1 Å². The Kier molecular flexibility index (Phi) is 5.03. The second kappa shape index (κ2) is 7.20. The monoisotopic (exact) mass is 357 g/mol. The summed E-state index contributed by atoms with van der Waals surface area (Å²) < 4.78 is 11.4. The zero-order chi connectivity index (χ0) is 17.1. The number of carbonyl (C=O) groups excluding carboxylic acids is 1. The van der Waals surface area contributed by atoms with E-state index in [-0.39, 0.29) is 12.5 Å². The number of fused-ring (bicyclic) bond motifs is 1. The average molecular weight is 357 g/mol. The van der Waals surface area contributed by atoms with Gasteiger partial charge in [0.15, 0.2) is 5.92 Å². The minimum Gasteiger partial charge on any atom is -0.469 e. The summed E-state index contributed by atoms with van der Waals surface area (Å²) in [5, 5.41) is 9.64. The van der Waals surface area contributed by atoms with E-state index < -0.39 is 17.8 Å². The van der Waals surface area contributed by atoms with Gasteiger partial charge < -0.3 is 9.15 Å². The number of hydrogen-bond acceptors (Lipinski definition) is 6. The molecule has 0 saturated heterocycles. The van der Waals surface area contributed by atoms with Crippen LogP contribution in [0.15, 0.2) is 52.0 Å². The molecule has 4 nitrogen and oxygen atoms in total. The van der Waals surface area contributed by atoms with E-state index in [4.69, 9.17) is 21.4 Å². The van der Waals surface area contributed by atoms with E-state index in [1.165, 1.54) is 11.8 Å². The fraction of sp³-hybridized carbons (Fsp3) is 0.278. The molecule has 1 aliphatic heterocycles. The van der Waals surface area contributed by atoms with Gasteiger partial charge in [0.25, 0.3) is 0 Å². The van der Waals surface area contributed by atoms with Crippen LogP contribution in [0, 0.1) is 17.2 Å². The van der Waals surface area contributed by atoms with Crippen LogP contribution in [-0.2, 0) is 9.53 Å². The molecular formula is C18H15NO3S2. The molecule has 0 N–H and O–H groups in total. The molecule has 1 aromatic heterocycles. The van der Waals surface area contributed by atoms with Crippen molar-refractivity contribution in [2.24, 2.45) is 5.92 Å². The lowest BCUT2D eigenvalue weighted by molar-refractivity contribution is -0.146. The van der Waals surface area contributed by atoms with Gasteiger partial charge in [0.05, 0.1) is 29.1 Å². The van der Waals surface area contributed by atoms with E-state index in [9.17, 15) is 10.1 Å². The first kappa shape index (κ1) is 16.7. The minimum atomic E-state index is -0.981. The number of thioether (sulfide) groups is 1. The maximum atomic E-state index is 12.3. The largest absolute Gasteiger partial charge is 0.469 e. The van der Waals surface area contributed by atoms with Gasteiger partial charge in [0.1, 0.15) is 5.76 Å². The van der Waals surface area contributed by atoms with Gasteiger partial charge in [-0.15, -0.1) is 0 Å². The number of esters is 1. The summed E-state index contributed by atoms with van der Waals surface area (Å²) >= 11 is 7.08. The van der Waals surface area contributed by atoms with Gasteiger partial charge >= 0.3 is 5.97 Å². The summed E-state index contributed by atoms with van der Waals surface area (Å²) in [6.45, 7) is 1.95. The maximum Gasteiger partial charge on any atom is 0.324 e. The Morgan fingerprint density at radius 1 is 1.42 bits per heavy atom. The molecule has 1 aliphatic rings. The standard InChI is InChI=1S/C18H15NO3S2/c1-2-21-17(20)12(10-19)15(13-7-5-9-22-13)16-11-6-3-4-8-14(11)24-18(16)23/h3-9,12,15-16H,2H2,1H3. The molecular weight excluding hydrogens is 342 g/mol. The van der Waals surface area contributed by atoms with Crippen LogP contribution >= 0.6 is 24.0 Å². The number of nitrogens with zero attached hydrogens (tertiary/aromatic N) is 1. The molecule has 3 rings (SSSR count). The summed E-state index contributed by atoms with van der Waals surface area (Å²) in [7, 11) is 0. The van der Waals surface area contributed by atoms with Crippen LogP contribution in [0.2, 0.25) is 0 Å². The number of nitriles is 1. The lowest BCUT2D eigenvalue weighted by Gasteiger charge is -2.25. The fourth-order valence-corrected chi connectivity index (χ4v) is 4.60. The lowest BCUT2D eigenvalue weighted by atomic mass is 9.77. The van der Waals surface area contributed by atoms with Crippen LogP contribution in [-0.4, -0.2) is 16.8 Å². The van der Waals surface area contributed by atoms with Crippen molar-refractivity contribution in [2.75, 3.05) is 6.61 Å². The molecule has 3 unspecified atom stereocenters. The topological polar surface area (TPSA) is 63.2 Å². The number of furan rings is 1. The van der Waals surface area contributed by atoms with Crippen molar-refractivity contribution in [3.8, 4) is 6.07 Å². The van der Waals surface area contributed by atoms with Crippen molar-refractivity contribution in [1.29, 1.82) is 5.26 Å². The minimum absolute atomic E-state index is 0.225. The van der Waals surface area contributed by atoms with Crippen molar-refractivity contribution < 1.29 is 13.9 Å². The van der Waals surface area contributed by atoms with Crippen LogP contribution < -0.4 is 0 Å². The Morgan fingerprint density at radius 2 is 2.21 bits per heavy atom. The summed E-state index contributed by atoms with van der Waals surface area (Å²) in [5.41, 5.74) is 1.03. The smallest absolute Gasteiger partial charge is 0.324 e. The highest BCUT2D eigenvalue weighted by atomic mass is 32.2. The van der Waals surface area contributed by atoms with Gasteiger partial charge in [-0.3, -0.25) is 4.79 Å². The third-order valence-corrected chi connectivity index (χ3v) is 5.54. The molecule has 0 bridgehead atoms. The summed E-state index contributed by atoms with van der Waals surface area (Å²) in [5.74, 6) is -1.71. The van der Waals surface area contributed by atoms with E-state index in [2.05, 4.69) is 6.07 Å². The van der Waals surface area contributed by atoms with E-state index in [1.807, 2.05) is 24.3 Å². The predicted octanol–water partition coefficient (Wildman–Crippen LogP) is 4.28. The molecule has 3 atom stereocenters. The van der Waals surface area contributed by atoms with Gasteiger partial charge in [0.2, 0.25) is 0 Å². The third-order valence-electron chi connectivity index (χ3n) is 3.99. The molecule has 6 heteroatoms. The van der Waals surface area contributed by atoms with Gasteiger partial charge in [-0.05, 0) is 30.7 Å². The molecule has 0 saturated carbocycles. The van der Waals surface area contributed by atoms with Gasteiger partial charge in [-0.2, -0.15) is 5.26 Å². The van der Waals surface area contributed by atoms with Crippen LogP contribution in [0.3, 0.4) is 0 Å². The zero-order valence-corrected chi connectivity index (χ0v) is 14.6.